The highest BCUT2D eigenvalue weighted by Crippen LogP contribution is 2.42. The van der Waals surface area contributed by atoms with Gasteiger partial charge in [-0.15, -0.1) is 0 Å². The maximum Gasteiger partial charge on any atom is 0.243 e. The van der Waals surface area contributed by atoms with E-state index in [4.69, 9.17) is 9.97 Å². The summed E-state index contributed by atoms with van der Waals surface area (Å²) in [6.45, 7) is 8.31. The Morgan fingerprint density at radius 3 is 2.65 bits per heavy atom. The molecule has 2 N–H and O–H groups in total. The molecule has 2 aromatic carbocycles. The average Bonchev–Trinajstić information content (AvgIpc) is 3.33. The number of aromatic nitrogens is 2. The molecule has 1 unspecified atom stereocenters. The summed E-state index contributed by atoms with van der Waals surface area (Å²) in [4.78, 5) is 12.0. The van der Waals surface area contributed by atoms with Crippen molar-refractivity contribution in [2.24, 2.45) is 0 Å². The van der Waals surface area contributed by atoms with Gasteiger partial charge in [0.1, 0.15) is 18.2 Å². The Kier molecular flexibility index (Phi) is 6.31. The minimum absolute atomic E-state index is 0.184. The SMILES string of the molecule is Cc1cc(F)ccc1-c1nc(NCCN2CCCC2)nc2c1CNC[N+]2([O-])c1ccccc1C. The quantitative estimate of drug-likeness (QED) is 0.412. The summed E-state index contributed by atoms with van der Waals surface area (Å²) >= 11 is 0. The van der Waals surface area contributed by atoms with Crippen LogP contribution < -0.4 is 15.3 Å². The standard InChI is InChI=1S/C26H31FN6O/c1-18-7-3-4-8-23(18)33(34)17-28-16-22-24(21-10-9-20(27)15-19(21)2)30-26(31-25(22)33)29-11-14-32-12-5-6-13-32/h3-4,7-10,15,28H,5-6,11-14,16-17H2,1-2H3,(H,29,30,31). The van der Waals surface area contributed by atoms with Crippen molar-refractivity contribution in [3.05, 3.63) is 70.2 Å². The van der Waals surface area contributed by atoms with Gasteiger partial charge in [0.05, 0.1) is 11.3 Å². The van der Waals surface area contributed by atoms with Gasteiger partial charge in [-0.05, 0) is 63.5 Å². The zero-order valence-corrected chi connectivity index (χ0v) is 19.8. The van der Waals surface area contributed by atoms with E-state index < -0.39 is 4.65 Å². The maximum absolute atomic E-state index is 14.4. The Morgan fingerprint density at radius 1 is 1.09 bits per heavy atom. The van der Waals surface area contributed by atoms with E-state index in [-0.39, 0.29) is 12.5 Å². The van der Waals surface area contributed by atoms with E-state index in [1.807, 2.05) is 38.1 Å². The smallest absolute Gasteiger partial charge is 0.243 e. The Labute approximate surface area is 199 Å². The van der Waals surface area contributed by atoms with Crippen molar-refractivity contribution in [3.8, 4) is 11.3 Å². The molecule has 0 saturated carbocycles. The monoisotopic (exact) mass is 462 g/mol. The van der Waals surface area contributed by atoms with Crippen molar-refractivity contribution in [1.29, 1.82) is 0 Å². The van der Waals surface area contributed by atoms with Crippen LogP contribution in [0.4, 0.5) is 21.8 Å². The van der Waals surface area contributed by atoms with Crippen LogP contribution in [0.2, 0.25) is 0 Å². The van der Waals surface area contributed by atoms with Gasteiger partial charge in [0, 0.05) is 36.8 Å². The molecule has 2 aliphatic heterocycles. The molecule has 1 fully saturated rings. The number of nitrogens with one attached hydrogen (secondary N) is 2. The van der Waals surface area contributed by atoms with E-state index in [1.165, 1.54) is 25.0 Å². The number of quaternary nitrogens is 1. The number of anilines is 1. The first-order valence-electron chi connectivity index (χ1n) is 12.0. The minimum Gasteiger partial charge on any atom is -0.620 e. The Hall–Kier alpha value is -2.91. The molecule has 3 heterocycles. The second kappa shape index (κ2) is 9.38. The normalized spacial score (nSPS) is 20.4. The van der Waals surface area contributed by atoms with Gasteiger partial charge >= 0.3 is 0 Å². The third kappa shape index (κ3) is 4.30. The van der Waals surface area contributed by atoms with Crippen LogP contribution in [0.25, 0.3) is 11.3 Å². The third-order valence-electron chi connectivity index (χ3n) is 6.82. The topological polar surface area (TPSA) is 76.1 Å². The number of rotatable bonds is 6. The fourth-order valence-electron chi connectivity index (χ4n) is 5.04. The summed E-state index contributed by atoms with van der Waals surface area (Å²) in [6, 6.07) is 12.3. The molecule has 1 aromatic heterocycles. The maximum atomic E-state index is 14.4. The summed E-state index contributed by atoms with van der Waals surface area (Å²) in [7, 11) is 0. The molecule has 7 nitrogen and oxygen atoms in total. The number of halogens is 1. The zero-order valence-electron chi connectivity index (χ0n) is 19.8. The zero-order chi connectivity index (χ0) is 23.7. The molecule has 0 amide bonds. The fourth-order valence-corrected chi connectivity index (χ4v) is 5.04. The highest BCUT2D eigenvalue weighted by atomic mass is 19.1. The van der Waals surface area contributed by atoms with E-state index in [2.05, 4.69) is 15.5 Å². The van der Waals surface area contributed by atoms with Crippen molar-refractivity contribution in [2.75, 3.05) is 38.2 Å². The molecule has 178 valence electrons. The Morgan fingerprint density at radius 2 is 1.88 bits per heavy atom. The predicted octanol–water partition coefficient (Wildman–Crippen LogP) is 4.60. The summed E-state index contributed by atoms with van der Waals surface area (Å²) in [5.41, 5.74) is 4.57. The molecule has 1 saturated heterocycles. The number of hydrogen-bond donors (Lipinski definition) is 2. The lowest BCUT2D eigenvalue weighted by Gasteiger charge is -2.44. The largest absolute Gasteiger partial charge is 0.620 e. The Balaban J connectivity index is 1.60. The molecular formula is C26H31FN6O. The van der Waals surface area contributed by atoms with Crippen LogP contribution in [0, 0.1) is 24.9 Å². The number of hydrogen-bond acceptors (Lipinski definition) is 6. The van der Waals surface area contributed by atoms with Gasteiger partial charge < -0.3 is 15.4 Å². The van der Waals surface area contributed by atoms with Gasteiger partial charge in [-0.2, -0.15) is 4.98 Å². The molecule has 2 aliphatic rings. The van der Waals surface area contributed by atoms with Crippen LogP contribution >= 0.6 is 0 Å². The highest BCUT2D eigenvalue weighted by molar-refractivity contribution is 5.75. The lowest BCUT2D eigenvalue weighted by Crippen LogP contribution is -2.50. The van der Waals surface area contributed by atoms with Crippen molar-refractivity contribution >= 4 is 17.5 Å². The van der Waals surface area contributed by atoms with E-state index in [0.717, 1.165) is 41.9 Å². The van der Waals surface area contributed by atoms with Crippen LogP contribution in [0.3, 0.4) is 0 Å². The van der Waals surface area contributed by atoms with Gasteiger partial charge in [0.25, 0.3) is 0 Å². The molecule has 5 rings (SSSR count). The lowest BCUT2D eigenvalue weighted by molar-refractivity contribution is 0.352. The molecule has 1 atom stereocenters. The lowest BCUT2D eigenvalue weighted by atomic mass is 9.99. The van der Waals surface area contributed by atoms with Gasteiger partial charge in [-0.1, -0.05) is 18.2 Å². The van der Waals surface area contributed by atoms with E-state index in [9.17, 15) is 9.60 Å². The molecule has 0 bridgehead atoms. The predicted molar refractivity (Wildman–Crippen MR) is 134 cm³/mol. The number of aryl methyl sites for hydroxylation is 2. The first-order valence-corrected chi connectivity index (χ1v) is 12.0. The van der Waals surface area contributed by atoms with Gasteiger partial charge in [-0.25, -0.2) is 9.37 Å². The number of likely N-dealkylation sites (tertiary alicyclic amines) is 1. The van der Waals surface area contributed by atoms with Crippen molar-refractivity contribution in [1.82, 2.24) is 24.8 Å². The van der Waals surface area contributed by atoms with Gasteiger partial charge in [-0.3, -0.25) is 9.96 Å². The fraction of sp³-hybridized carbons (Fsp3) is 0.385. The summed E-state index contributed by atoms with van der Waals surface area (Å²) in [5.74, 6) is 0.580. The molecular weight excluding hydrogens is 431 g/mol. The molecule has 0 aliphatic carbocycles. The molecule has 34 heavy (non-hydrogen) atoms. The van der Waals surface area contributed by atoms with E-state index in [0.29, 0.717) is 36.2 Å². The second-order valence-corrected chi connectivity index (χ2v) is 9.24. The first kappa shape index (κ1) is 22.9. The van der Waals surface area contributed by atoms with Crippen molar-refractivity contribution in [2.45, 2.75) is 33.2 Å². The second-order valence-electron chi connectivity index (χ2n) is 9.24. The van der Waals surface area contributed by atoms with E-state index >= 15 is 0 Å². The van der Waals surface area contributed by atoms with Crippen molar-refractivity contribution < 1.29 is 4.39 Å². The van der Waals surface area contributed by atoms with Crippen LogP contribution in [0.15, 0.2) is 42.5 Å². The van der Waals surface area contributed by atoms with Crippen LogP contribution in [-0.2, 0) is 6.54 Å². The van der Waals surface area contributed by atoms with Gasteiger partial charge in [0.2, 0.25) is 11.8 Å². The van der Waals surface area contributed by atoms with E-state index in [1.54, 1.807) is 6.07 Å². The molecule has 8 heteroatoms. The number of benzene rings is 2. The molecule has 3 aromatic rings. The number of hydroxylamine groups is 1. The third-order valence-corrected chi connectivity index (χ3v) is 6.82. The first-order chi connectivity index (χ1) is 16.5. The average molecular weight is 463 g/mol. The van der Waals surface area contributed by atoms with Gasteiger partial charge in [0.15, 0.2) is 0 Å². The molecule has 0 radical (unpaired) electrons. The van der Waals surface area contributed by atoms with Crippen LogP contribution in [-0.4, -0.2) is 47.7 Å². The number of para-hydroxylation sites is 1. The van der Waals surface area contributed by atoms with Crippen molar-refractivity contribution in [3.63, 3.8) is 0 Å². The summed E-state index contributed by atoms with van der Waals surface area (Å²) in [5, 5.41) is 21.0. The summed E-state index contributed by atoms with van der Waals surface area (Å²) in [6.07, 6.45) is 2.48. The summed E-state index contributed by atoms with van der Waals surface area (Å²) < 4.78 is 13.2. The molecule has 0 spiro atoms. The Bertz CT molecular complexity index is 1200. The van der Waals surface area contributed by atoms with Crippen LogP contribution in [0.1, 0.15) is 29.5 Å². The van der Waals surface area contributed by atoms with Crippen LogP contribution in [0.5, 0.6) is 0 Å². The number of fused-ring (bicyclic) bond motifs is 1. The highest BCUT2D eigenvalue weighted by Gasteiger charge is 2.36. The number of nitrogens with zero attached hydrogens (tertiary/aromatic N) is 4. The minimum atomic E-state index is -0.710.